The van der Waals surface area contributed by atoms with Gasteiger partial charge < -0.3 is 0 Å². The minimum atomic E-state index is 0.491. The monoisotopic (exact) mass is 196 g/mol. The lowest BCUT2D eigenvalue weighted by Crippen LogP contribution is -2.04. The average Bonchev–Trinajstić information content (AvgIpc) is 2.67. The van der Waals surface area contributed by atoms with Gasteiger partial charge >= 0.3 is 0 Å². The summed E-state index contributed by atoms with van der Waals surface area (Å²) in [5.74, 6) is 1.05. The van der Waals surface area contributed by atoms with E-state index < -0.39 is 0 Å². The van der Waals surface area contributed by atoms with E-state index in [-0.39, 0.29) is 0 Å². The van der Waals surface area contributed by atoms with Crippen molar-refractivity contribution in [2.24, 2.45) is 5.92 Å². The van der Waals surface area contributed by atoms with Crippen LogP contribution in [0.15, 0.2) is 42.5 Å². The Bertz CT molecular complexity index is 468. The lowest BCUT2D eigenvalue weighted by molar-refractivity contribution is 0.112. The molecule has 15 heavy (non-hydrogen) atoms. The molecular formula is C14H12O. The molecule has 2 atom stereocenters. The predicted octanol–water partition coefficient (Wildman–Crippen LogP) is 2.88. The molecule has 0 saturated heterocycles. The first-order chi connectivity index (χ1) is 7.40. The van der Waals surface area contributed by atoms with Crippen LogP contribution >= 0.6 is 0 Å². The summed E-state index contributed by atoms with van der Waals surface area (Å²) in [6.07, 6.45) is 10.7. The smallest absolute Gasteiger partial charge is 0.150 e. The summed E-state index contributed by atoms with van der Waals surface area (Å²) in [6.45, 7) is 0. The maximum atomic E-state index is 10.9. The highest BCUT2D eigenvalue weighted by Crippen LogP contribution is 2.42. The number of carbonyl (C=O) groups excluding carboxylic acids is 1. The maximum absolute atomic E-state index is 10.9. The number of aldehydes is 1. The number of benzene rings is 1. The van der Waals surface area contributed by atoms with Crippen molar-refractivity contribution in [1.82, 2.24) is 0 Å². The normalized spacial score (nSPS) is 26.1. The molecule has 0 spiro atoms. The molecule has 1 aromatic rings. The third-order valence-electron chi connectivity index (χ3n) is 3.42. The number of carbonyl (C=O) groups is 1. The van der Waals surface area contributed by atoms with Gasteiger partial charge in [-0.3, -0.25) is 4.79 Å². The van der Waals surface area contributed by atoms with Gasteiger partial charge in [0.15, 0.2) is 0 Å². The minimum absolute atomic E-state index is 0.491. The van der Waals surface area contributed by atoms with E-state index in [1.54, 1.807) is 0 Å². The standard InChI is InChI=1S/C14H12O/c15-9-11-5-3-7-13-12-6-2-1-4-10(12)8-14(11)13/h1-7,9-10,12H,8H2. The maximum Gasteiger partial charge on any atom is 0.150 e. The van der Waals surface area contributed by atoms with E-state index in [9.17, 15) is 4.79 Å². The van der Waals surface area contributed by atoms with Crippen molar-refractivity contribution in [3.8, 4) is 0 Å². The second-order valence-electron chi connectivity index (χ2n) is 4.20. The van der Waals surface area contributed by atoms with Gasteiger partial charge in [-0.2, -0.15) is 0 Å². The summed E-state index contributed by atoms with van der Waals surface area (Å²) in [7, 11) is 0. The SMILES string of the molecule is O=Cc1cccc2c1CC1C=CC=CC21. The third-order valence-corrected chi connectivity index (χ3v) is 3.42. The van der Waals surface area contributed by atoms with E-state index in [1.165, 1.54) is 11.1 Å². The second-order valence-corrected chi connectivity index (χ2v) is 4.20. The first-order valence-electron chi connectivity index (χ1n) is 5.32. The van der Waals surface area contributed by atoms with Crippen molar-refractivity contribution in [1.29, 1.82) is 0 Å². The van der Waals surface area contributed by atoms with Gasteiger partial charge in [0.1, 0.15) is 6.29 Å². The number of hydrogen-bond donors (Lipinski definition) is 0. The number of fused-ring (bicyclic) bond motifs is 3. The highest BCUT2D eigenvalue weighted by atomic mass is 16.1. The topological polar surface area (TPSA) is 17.1 Å². The summed E-state index contributed by atoms with van der Waals surface area (Å²) >= 11 is 0. The van der Waals surface area contributed by atoms with Crippen LogP contribution in [-0.2, 0) is 6.42 Å². The molecule has 0 aliphatic heterocycles. The molecule has 3 rings (SSSR count). The van der Waals surface area contributed by atoms with Crippen molar-refractivity contribution in [2.45, 2.75) is 12.3 Å². The van der Waals surface area contributed by atoms with Gasteiger partial charge in [0.2, 0.25) is 0 Å². The zero-order valence-electron chi connectivity index (χ0n) is 8.39. The lowest BCUT2D eigenvalue weighted by Gasteiger charge is -2.15. The van der Waals surface area contributed by atoms with Crippen LogP contribution in [0, 0.1) is 5.92 Å². The quantitative estimate of drug-likeness (QED) is 0.631. The molecule has 0 amide bonds. The molecule has 1 heteroatoms. The van der Waals surface area contributed by atoms with Crippen LogP contribution in [0.4, 0.5) is 0 Å². The Kier molecular flexibility index (Phi) is 1.84. The van der Waals surface area contributed by atoms with E-state index >= 15 is 0 Å². The van der Waals surface area contributed by atoms with Crippen LogP contribution in [-0.4, -0.2) is 6.29 Å². The molecule has 2 aliphatic carbocycles. The minimum Gasteiger partial charge on any atom is -0.298 e. The zero-order chi connectivity index (χ0) is 10.3. The van der Waals surface area contributed by atoms with Gasteiger partial charge in [0.25, 0.3) is 0 Å². The molecular weight excluding hydrogens is 184 g/mol. The number of rotatable bonds is 1. The molecule has 1 nitrogen and oxygen atoms in total. The molecule has 74 valence electrons. The van der Waals surface area contributed by atoms with Gasteiger partial charge in [0, 0.05) is 11.5 Å². The fraction of sp³-hybridized carbons (Fsp3) is 0.214. The molecule has 2 unspecified atom stereocenters. The van der Waals surface area contributed by atoms with E-state index in [1.807, 2.05) is 12.1 Å². The molecule has 0 N–H and O–H groups in total. The van der Waals surface area contributed by atoms with Crippen molar-refractivity contribution in [3.05, 3.63) is 59.2 Å². The molecule has 1 aromatic carbocycles. The molecule has 0 fully saturated rings. The predicted molar refractivity (Wildman–Crippen MR) is 60.0 cm³/mol. The second kappa shape index (κ2) is 3.20. The molecule has 0 heterocycles. The average molecular weight is 196 g/mol. The molecule has 0 radical (unpaired) electrons. The summed E-state index contributed by atoms with van der Waals surface area (Å²) < 4.78 is 0. The Morgan fingerprint density at radius 1 is 1.20 bits per heavy atom. The van der Waals surface area contributed by atoms with E-state index in [2.05, 4.69) is 30.4 Å². The van der Waals surface area contributed by atoms with Crippen LogP contribution in [0.25, 0.3) is 0 Å². The van der Waals surface area contributed by atoms with E-state index in [4.69, 9.17) is 0 Å². The Morgan fingerprint density at radius 2 is 2.07 bits per heavy atom. The van der Waals surface area contributed by atoms with Crippen molar-refractivity contribution >= 4 is 6.29 Å². The first-order valence-corrected chi connectivity index (χ1v) is 5.32. The lowest BCUT2D eigenvalue weighted by atomic mass is 9.89. The summed E-state index contributed by atoms with van der Waals surface area (Å²) in [5.41, 5.74) is 3.45. The van der Waals surface area contributed by atoms with Gasteiger partial charge in [0.05, 0.1) is 0 Å². The van der Waals surface area contributed by atoms with E-state index in [0.717, 1.165) is 18.3 Å². The fourth-order valence-corrected chi connectivity index (χ4v) is 2.70. The van der Waals surface area contributed by atoms with Crippen LogP contribution in [0.2, 0.25) is 0 Å². The zero-order valence-corrected chi connectivity index (χ0v) is 8.39. The number of allylic oxidation sites excluding steroid dienone is 4. The van der Waals surface area contributed by atoms with E-state index in [0.29, 0.717) is 11.8 Å². The van der Waals surface area contributed by atoms with Crippen molar-refractivity contribution in [2.75, 3.05) is 0 Å². The third kappa shape index (κ3) is 1.19. The Hall–Kier alpha value is -1.63. The number of hydrogen-bond acceptors (Lipinski definition) is 1. The van der Waals surface area contributed by atoms with Gasteiger partial charge in [-0.15, -0.1) is 0 Å². The Balaban J connectivity index is 2.15. The van der Waals surface area contributed by atoms with Crippen molar-refractivity contribution < 1.29 is 4.79 Å². The highest BCUT2D eigenvalue weighted by Gasteiger charge is 2.31. The van der Waals surface area contributed by atoms with Gasteiger partial charge in [-0.25, -0.2) is 0 Å². The van der Waals surface area contributed by atoms with Gasteiger partial charge in [-0.1, -0.05) is 42.5 Å². The Labute approximate surface area is 89.1 Å². The highest BCUT2D eigenvalue weighted by molar-refractivity contribution is 5.78. The van der Waals surface area contributed by atoms with Gasteiger partial charge in [-0.05, 0) is 23.5 Å². The van der Waals surface area contributed by atoms with Crippen LogP contribution < -0.4 is 0 Å². The van der Waals surface area contributed by atoms with Crippen LogP contribution in [0.3, 0.4) is 0 Å². The van der Waals surface area contributed by atoms with Crippen molar-refractivity contribution in [3.63, 3.8) is 0 Å². The summed E-state index contributed by atoms with van der Waals surface area (Å²) in [5, 5.41) is 0. The molecule has 2 aliphatic rings. The Morgan fingerprint density at radius 3 is 2.93 bits per heavy atom. The van der Waals surface area contributed by atoms with Crippen LogP contribution in [0.1, 0.15) is 27.4 Å². The summed E-state index contributed by atoms with van der Waals surface area (Å²) in [4.78, 5) is 10.9. The largest absolute Gasteiger partial charge is 0.298 e. The molecule has 0 bridgehead atoms. The van der Waals surface area contributed by atoms with Crippen LogP contribution in [0.5, 0.6) is 0 Å². The summed E-state index contributed by atoms with van der Waals surface area (Å²) in [6, 6.07) is 6.05. The molecule has 0 aromatic heterocycles. The first kappa shape index (κ1) is 8.66. The fourth-order valence-electron chi connectivity index (χ4n) is 2.70. The molecule has 0 saturated carbocycles.